The fourth-order valence-corrected chi connectivity index (χ4v) is 4.62. The molecule has 3 rings (SSSR count). The third-order valence-corrected chi connectivity index (χ3v) is 6.69. The Hall–Kier alpha value is -1.29. The molecule has 1 aromatic rings. The van der Waals surface area contributed by atoms with Crippen molar-refractivity contribution in [3.8, 4) is 0 Å². The predicted octanol–water partition coefficient (Wildman–Crippen LogP) is 5.06. The van der Waals surface area contributed by atoms with E-state index in [2.05, 4.69) is 65.8 Å². The first-order chi connectivity index (χ1) is 13.5. The molecule has 0 bridgehead atoms. The van der Waals surface area contributed by atoms with E-state index in [9.17, 15) is 0 Å². The molecule has 2 saturated heterocycles. The number of anilines is 1. The van der Waals surface area contributed by atoms with E-state index in [0.29, 0.717) is 6.04 Å². The Kier molecular flexibility index (Phi) is 7.62. The minimum Gasteiger partial charge on any atom is -0.369 e. The highest BCUT2D eigenvalue weighted by molar-refractivity contribution is 6.29. The first-order valence-electron chi connectivity index (χ1n) is 10.7. The van der Waals surface area contributed by atoms with Crippen LogP contribution in [0.2, 0.25) is 0 Å². The lowest BCUT2D eigenvalue weighted by molar-refractivity contribution is 0.0916. The van der Waals surface area contributed by atoms with Gasteiger partial charge in [-0.1, -0.05) is 41.4 Å². The fourth-order valence-electron chi connectivity index (χ4n) is 4.56. The van der Waals surface area contributed by atoms with Gasteiger partial charge in [0.15, 0.2) is 0 Å². The molecular weight excluding hydrogens is 366 g/mol. The molecule has 0 N–H and O–H groups in total. The van der Waals surface area contributed by atoms with E-state index >= 15 is 0 Å². The van der Waals surface area contributed by atoms with Crippen LogP contribution in [-0.2, 0) is 0 Å². The molecule has 154 valence electrons. The molecule has 2 aliphatic rings. The summed E-state index contributed by atoms with van der Waals surface area (Å²) in [6, 6.07) is 10.0. The van der Waals surface area contributed by atoms with Crippen LogP contribution < -0.4 is 4.90 Å². The van der Waals surface area contributed by atoms with Crippen molar-refractivity contribution in [1.29, 1.82) is 0 Å². The van der Waals surface area contributed by atoms with Gasteiger partial charge in [0.05, 0.1) is 0 Å². The first-order valence-corrected chi connectivity index (χ1v) is 11.1. The first kappa shape index (κ1) is 21.4. The van der Waals surface area contributed by atoms with Crippen molar-refractivity contribution in [2.24, 2.45) is 0 Å². The van der Waals surface area contributed by atoms with Gasteiger partial charge in [0, 0.05) is 62.1 Å². The molecule has 1 unspecified atom stereocenters. The zero-order valence-corrected chi connectivity index (χ0v) is 18.8. The molecule has 1 aromatic carbocycles. The second-order valence-electron chi connectivity index (χ2n) is 8.42. The molecule has 0 amide bonds. The number of halogens is 1. The third-order valence-electron chi connectivity index (χ3n) is 6.57. The van der Waals surface area contributed by atoms with E-state index in [1.54, 1.807) is 0 Å². The van der Waals surface area contributed by atoms with Crippen molar-refractivity contribution in [3.63, 3.8) is 0 Å². The average Bonchev–Trinajstić information content (AvgIpc) is 2.72. The summed E-state index contributed by atoms with van der Waals surface area (Å²) >= 11 is 5.97. The van der Waals surface area contributed by atoms with E-state index in [1.165, 1.54) is 55.8 Å². The number of piperidine rings is 1. The summed E-state index contributed by atoms with van der Waals surface area (Å²) in [6.45, 7) is 15.8. The smallest absolute Gasteiger partial charge is 0.0396 e. The van der Waals surface area contributed by atoms with Crippen LogP contribution in [0.15, 0.2) is 47.0 Å². The summed E-state index contributed by atoms with van der Waals surface area (Å²) < 4.78 is 0. The third kappa shape index (κ3) is 5.40. The molecule has 0 aliphatic carbocycles. The molecule has 2 aliphatic heterocycles. The number of rotatable bonds is 5. The van der Waals surface area contributed by atoms with Crippen LogP contribution >= 0.6 is 11.6 Å². The topological polar surface area (TPSA) is 9.72 Å². The monoisotopic (exact) mass is 401 g/mol. The van der Waals surface area contributed by atoms with Gasteiger partial charge in [0.25, 0.3) is 0 Å². The Morgan fingerprint density at radius 1 is 1.00 bits per heavy atom. The van der Waals surface area contributed by atoms with Crippen molar-refractivity contribution in [2.75, 3.05) is 44.2 Å². The lowest BCUT2D eigenvalue weighted by Gasteiger charge is -2.44. The SMILES string of the molecule is CC(Cl)=CC=C(C)C(C)N1CCC(N2CCN(c3ccccc3C)CC2)CC1. The molecular formula is C24H36ClN3. The summed E-state index contributed by atoms with van der Waals surface area (Å²) in [4.78, 5) is 7.92. The van der Waals surface area contributed by atoms with Crippen LogP contribution in [0.5, 0.6) is 0 Å². The zero-order valence-electron chi connectivity index (χ0n) is 18.0. The Morgan fingerprint density at radius 3 is 2.25 bits per heavy atom. The van der Waals surface area contributed by atoms with Crippen LogP contribution in [-0.4, -0.2) is 61.2 Å². The Bertz CT molecular complexity index is 692. The van der Waals surface area contributed by atoms with Crippen molar-refractivity contribution >= 4 is 17.3 Å². The highest BCUT2D eigenvalue weighted by atomic mass is 35.5. The second-order valence-corrected chi connectivity index (χ2v) is 9.01. The van der Waals surface area contributed by atoms with Crippen LogP contribution in [0.4, 0.5) is 5.69 Å². The molecule has 4 heteroatoms. The molecule has 3 nitrogen and oxygen atoms in total. The van der Waals surface area contributed by atoms with Gasteiger partial charge in [-0.2, -0.15) is 0 Å². The van der Waals surface area contributed by atoms with Crippen molar-refractivity contribution in [3.05, 3.63) is 52.6 Å². The van der Waals surface area contributed by atoms with E-state index in [1.807, 2.05) is 13.0 Å². The predicted molar refractivity (Wildman–Crippen MR) is 122 cm³/mol. The second kappa shape index (κ2) is 9.96. The molecule has 28 heavy (non-hydrogen) atoms. The minimum absolute atomic E-state index is 0.492. The molecule has 0 spiro atoms. The van der Waals surface area contributed by atoms with Gasteiger partial charge in [0.2, 0.25) is 0 Å². The van der Waals surface area contributed by atoms with Crippen molar-refractivity contribution in [1.82, 2.24) is 9.80 Å². The van der Waals surface area contributed by atoms with Gasteiger partial charge in [-0.3, -0.25) is 9.80 Å². The van der Waals surface area contributed by atoms with Gasteiger partial charge >= 0.3 is 0 Å². The van der Waals surface area contributed by atoms with E-state index in [-0.39, 0.29) is 0 Å². The number of nitrogens with zero attached hydrogens (tertiary/aromatic N) is 3. The quantitative estimate of drug-likeness (QED) is 0.638. The average molecular weight is 402 g/mol. The summed E-state index contributed by atoms with van der Waals surface area (Å²) in [5.41, 5.74) is 4.19. The molecule has 0 radical (unpaired) electrons. The Morgan fingerprint density at radius 2 is 1.64 bits per heavy atom. The molecule has 2 heterocycles. The lowest BCUT2D eigenvalue weighted by Crippen LogP contribution is -2.54. The number of piperazine rings is 1. The van der Waals surface area contributed by atoms with Gasteiger partial charge in [-0.25, -0.2) is 0 Å². The summed E-state index contributed by atoms with van der Waals surface area (Å²) in [6.07, 6.45) is 6.75. The highest BCUT2D eigenvalue weighted by Gasteiger charge is 2.29. The summed E-state index contributed by atoms with van der Waals surface area (Å²) in [5, 5.41) is 0.843. The maximum absolute atomic E-state index is 5.97. The maximum Gasteiger partial charge on any atom is 0.0396 e. The number of benzene rings is 1. The molecule has 0 aromatic heterocycles. The standard InChI is InChI=1S/C24H36ClN3/c1-19(9-10-21(3)25)22(4)26-13-11-23(12-14-26)27-15-17-28(18-16-27)24-8-6-5-7-20(24)2/h5-10,22-23H,11-18H2,1-4H3. The summed E-state index contributed by atoms with van der Waals surface area (Å²) in [7, 11) is 0. The molecule has 2 fully saturated rings. The van der Waals surface area contributed by atoms with Crippen LogP contribution in [0.3, 0.4) is 0 Å². The van der Waals surface area contributed by atoms with Crippen LogP contribution in [0, 0.1) is 6.92 Å². The number of hydrogen-bond acceptors (Lipinski definition) is 3. The van der Waals surface area contributed by atoms with E-state index in [4.69, 9.17) is 11.6 Å². The van der Waals surface area contributed by atoms with Gasteiger partial charge in [-0.05, 0) is 58.2 Å². The van der Waals surface area contributed by atoms with Crippen LogP contribution in [0.1, 0.15) is 39.2 Å². The van der Waals surface area contributed by atoms with Crippen molar-refractivity contribution < 1.29 is 0 Å². The molecule has 0 saturated carbocycles. The maximum atomic E-state index is 5.97. The number of allylic oxidation sites excluding steroid dienone is 3. The van der Waals surface area contributed by atoms with Gasteiger partial charge < -0.3 is 4.90 Å². The number of para-hydroxylation sites is 1. The van der Waals surface area contributed by atoms with Crippen molar-refractivity contribution in [2.45, 2.75) is 52.6 Å². The van der Waals surface area contributed by atoms with E-state index < -0.39 is 0 Å². The Labute approximate surface area is 176 Å². The molecule has 1 atom stereocenters. The number of aryl methyl sites for hydroxylation is 1. The lowest BCUT2D eigenvalue weighted by atomic mass is 9.98. The highest BCUT2D eigenvalue weighted by Crippen LogP contribution is 2.25. The van der Waals surface area contributed by atoms with Gasteiger partial charge in [0.1, 0.15) is 0 Å². The fraction of sp³-hybridized carbons (Fsp3) is 0.583. The zero-order chi connectivity index (χ0) is 20.1. The van der Waals surface area contributed by atoms with E-state index in [0.717, 1.165) is 24.2 Å². The largest absolute Gasteiger partial charge is 0.369 e. The normalized spacial score (nSPS) is 22.5. The Balaban J connectivity index is 1.48. The summed E-state index contributed by atoms with van der Waals surface area (Å²) in [5.74, 6) is 0. The number of hydrogen-bond donors (Lipinski definition) is 0. The van der Waals surface area contributed by atoms with Crippen LogP contribution in [0.25, 0.3) is 0 Å². The van der Waals surface area contributed by atoms with Gasteiger partial charge in [-0.15, -0.1) is 0 Å². The number of likely N-dealkylation sites (tertiary alicyclic amines) is 1. The minimum atomic E-state index is 0.492.